The lowest BCUT2D eigenvalue weighted by atomic mass is 9.75. The van der Waals surface area contributed by atoms with E-state index in [0.29, 0.717) is 31.0 Å². The molecule has 8 heteroatoms. The van der Waals surface area contributed by atoms with Crippen LogP contribution < -0.4 is 11.2 Å². The zero-order valence-electron chi connectivity index (χ0n) is 16.6. The van der Waals surface area contributed by atoms with Crippen molar-refractivity contribution in [3.8, 4) is 0 Å². The first-order valence-electron chi connectivity index (χ1n) is 9.48. The largest absolute Gasteiger partial charge is 0.455 e. The number of nitrogens with zero attached hydrogens (tertiary/aromatic N) is 3. The number of carbonyl (C=O) groups excluding carboxylic acids is 2. The molecule has 0 bridgehead atoms. The molecule has 1 aliphatic carbocycles. The number of nitrogens with one attached hydrogen (secondary N) is 1. The van der Waals surface area contributed by atoms with Crippen molar-refractivity contribution < 1.29 is 14.0 Å². The maximum absolute atomic E-state index is 13.1. The maximum atomic E-state index is 13.1. The van der Waals surface area contributed by atoms with Crippen LogP contribution >= 0.6 is 0 Å². The topological polar surface area (TPSA) is 104 Å². The van der Waals surface area contributed by atoms with Crippen LogP contribution in [0.3, 0.4) is 0 Å². The molecule has 0 saturated carbocycles. The number of nitrogens with two attached hydrogens (primary N) is 1. The molecule has 1 aromatic rings. The van der Waals surface area contributed by atoms with Gasteiger partial charge in [0.25, 0.3) is 5.91 Å². The van der Waals surface area contributed by atoms with Gasteiger partial charge in [-0.05, 0) is 25.3 Å². The minimum absolute atomic E-state index is 0.0716. The van der Waals surface area contributed by atoms with Crippen LogP contribution in [0, 0.1) is 12.3 Å². The summed E-state index contributed by atoms with van der Waals surface area (Å²) in [6.07, 6.45) is 1.39. The van der Waals surface area contributed by atoms with Crippen LogP contribution in [-0.4, -0.2) is 60.2 Å². The van der Waals surface area contributed by atoms with E-state index in [0.717, 1.165) is 42.9 Å². The SMILES string of the molecule is CCN1CCN(C(=O)c2oc3c(c2C)/C(=N\NC(N)=O)CC(C)(C)C3)CC1. The molecule has 27 heavy (non-hydrogen) atoms. The van der Waals surface area contributed by atoms with Crippen molar-refractivity contribution in [3.63, 3.8) is 0 Å². The lowest BCUT2D eigenvalue weighted by Crippen LogP contribution is -2.48. The predicted molar refractivity (Wildman–Crippen MR) is 103 cm³/mol. The first kappa shape index (κ1) is 19.4. The molecule has 148 valence electrons. The summed E-state index contributed by atoms with van der Waals surface area (Å²) in [7, 11) is 0. The van der Waals surface area contributed by atoms with Gasteiger partial charge in [-0.25, -0.2) is 10.2 Å². The van der Waals surface area contributed by atoms with Gasteiger partial charge in [-0.3, -0.25) is 4.79 Å². The number of primary amides is 1. The number of urea groups is 1. The van der Waals surface area contributed by atoms with Crippen LogP contribution in [0.1, 0.15) is 54.6 Å². The Morgan fingerprint density at radius 3 is 2.48 bits per heavy atom. The highest BCUT2D eigenvalue weighted by molar-refractivity contribution is 6.07. The number of piperazine rings is 1. The van der Waals surface area contributed by atoms with Gasteiger partial charge in [-0.15, -0.1) is 0 Å². The molecule has 1 aromatic heterocycles. The van der Waals surface area contributed by atoms with Crippen LogP contribution in [0.4, 0.5) is 4.79 Å². The molecule has 0 radical (unpaired) electrons. The molecule has 2 heterocycles. The maximum Gasteiger partial charge on any atom is 0.332 e. The third-order valence-electron chi connectivity index (χ3n) is 5.40. The number of rotatable bonds is 3. The Morgan fingerprint density at radius 1 is 1.22 bits per heavy atom. The highest BCUT2D eigenvalue weighted by Crippen LogP contribution is 2.39. The Morgan fingerprint density at radius 2 is 1.89 bits per heavy atom. The smallest absolute Gasteiger partial charge is 0.332 e. The Labute approximate surface area is 159 Å². The van der Waals surface area contributed by atoms with Crippen molar-refractivity contribution in [1.29, 1.82) is 0 Å². The summed E-state index contributed by atoms with van der Waals surface area (Å²) in [5.74, 6) is 1.07. The van der Waals surface area contributed by atoms with Gasteiger partial charge in [0.2, 0.25) is 0 Å². The zero-order chi connectivity index (χ0) is 19.8. The second-order valence-electron chi connectivity index (χ2n) is 8.13. The molecule has 1 saturated heterocycles. The van der Waals surface area contributed by atoms with Crippen LogP contribution in [0.25, 0.3) is 0 Å². The molecule has 1 fully saturated rings. The van der Waals surface area contributed by atoms with Gasteiger partial charge in [0, 0.05) is 43.7 Å². The van der Waals surface area contributed by atoms with Gasteiger partial charge in [0.1, 0.15) is 5.76 Å². The van der Waals surface area contributed by atoms with Crippen LogP contribution in [0.5, 0.6) is 0 Å². The average molecular weight is 375 g/mol. The molecule has 3 N–H and O–H groups in total. The van der Waals surface area contributed by atoms with Gasteiger partial charge in [-0.2, -0.15) is 5.10 Å². The van der Waals surface area contributed by atoms with Crippen molar-refractivity contribution in [1.82, 2.24) is 15.2 Å². The molecule has 0 spiro atoms. The van der Waals surface area contributed by atoms with Crippen LogP contribution in [-0.2, 0) is 6.42 Å². The third kappa shape index (κ3) is 4.00. The highest BCUT2D eigenvalue weighted by Gasteiger charge is 2.37. The predicted octanol–water partition coefficient (Wildman–Crippen LogP) is 1.71. The fourth-order valence-electron chi connectivity index (χ4n) is 3.95. The Hall–Kier alpha value is -2.35. The summed E-state index contributed by atoms with van der Waals surface area (Å²) in [6, 6.07) is -0.710. The number of hydrogen-bond donors (Lipinski definition) is 2. The van der Waals surface area contributed by atoms with Gasteiger partial charge in [-0.1, -0.05) is 20.8 Å². The first-order chi connectivity index (χ1) is 12.7. The normalized spacial score (nSPS) is 21.2. The van der Waals surface area contributed by atoms with E-state index < -0.39 is 6.03 Å². The highest BCUT2D eigenvalue weighted by atomic mass is 16.4. The molecule has 2 aliphatic rings. The Kier molecular flexibility index (Phi) is 5.28. The molecular weight excluding hydrogens is 346 g/mol. The van der Waals surface area contributed by atoms with Gasteiger partial charge < -0.3 is 20.0 Å². The molecule has 3 rings (SSSR count). The summed E-state index contributed by atoms with van der Waals surface area (Å²) in [4.78, 5) is 28.3. The summed E-state index contributed by atoms with van der Waals surface area (Å²) < 4.78 is 6.05. The molecule has 0 unspecified atom stereocenters. The minimum atomic E-state index is -0.710. The van der Waals surface area contributed by atoms with Crippen molar-refractivity contribution >= 4 is 17.6 Å². The van der Waals surface area contributed by atoms with Crippen LogP contribution in [0.2, 0.25) is 0 Å². The summed E-state index contributed by atoms with van der Waals surface area (Å²) >= 11 is 0. The van der Waals surface area contributed by atoms with E-state index in [-0.39, 0.29) is 11.3 Å². The van der Waals surface area contributed by atoms with Crippen molar-refractivity contribution in [2.75, 3.05) is 32.7 Å². The van der Waals surface area contributed by atoms with E-state index in [4.69, 9.17) is 10.2 Å². The van der Waals surface area contributed by atoms with E-state index in [1.165, 1.54) is 0 Å². The second-order valence-corrected chi connectivity index (χ2v) is 8.13. The molecule has 0 atom stereocenters. The zero-order valence-corrected chi connectivity index (χ0v) is 16.6. The number of hydrazone groups is 1. The quantitative estimate of drug-likeness (QED) is 0.785. The van der Waals surface area contributed by atoms with E-state index in [1.54, 1.807) is 0 Å². The monoisotopic (exact) mass is 375 g/mol. The molecule has 1 aliphatic heterocycles. The van der Waals surface area contributed by atoms with Crippen molar-refractivity contribution in [2.45, 2.75) is 40.5 Å². The van der Waals surface area contributed by atoms with Crippen LogP contribution in [0.15, 0.2) is 9.52 Å². The minimum Gasteiger partial charge on any atom is -0.455 e. The van der Waals surface area contributed by atoms with E-state index in [2.05, 4.69) is 36.2 Å². The number of fused-ring (bicyclic) bond motifs is 1. The first-order valence-corrected chi connectivity index (χ1v) is 9.48. The number of carbonyl (C=O) groups is 2. The van der Waals surface area contributed by atoms with E-state index in [1.807, 2.05) is 11.8 Å². The standard InChI is InChI=1S/C19H29N5O3/c1-5-23-6-8-24(9-7-23)17(25)16-12(2)15-13(21-22-18(20)26)10-19(3,4)11-14(15)27-16/h5-11H2,1-4H3,(H3,20,22,26)/b21-13-. The summed E-state index contributed by atoms with van der Waals surface area (Å²) in [5.41, 5.74) is 9.72. The number of likely N-dealkylation sites (N-methyl/N-ethyl adjacent to an activating group) is 1. The van der Waals surface area contributed by atoms with Gasteiger partial charge in [0.05, 0.1) is 5.71 Å². The molecule has 0 aromatic carbocycles. The van der Waals surface area contributed by atoms with Gasteiger partial charge in [0.15, 0.2) is 5.76 Å². The Balaban J connectivity index is 1.91. The van der Waals surface area contributed by atoms with E-state index >= 15 is 0 Å². The van der Waals surface area contributed by atoms with Gasteiger partial charge >= 0.3 is 6.03 Å². The number of furan rings is 1. The number of amides is 3. The third-order valence-corrected chi connectivity index (χ3v) is 5.40. The lowest BCUT2D eigenvalue weighted by Gasteiger charge is -2.33. The average Bonchev–Trinajstić information content (AvgIpc) is 2.94. The molecule has 8 nitrogen and oxygen atoms in total. The molecular formula is C19H29N5O3. The number of hydrogen-bond acceptors (Lipinski definition) is 5. The Bertz CT molecular complexity index is 773. The fourth-order valence-corrected chi connectivity index (χ4v) is 3.95. The molecule has 3 amide bonds. The summed E-state index contributed by atoms with van der Waals surface area (Å²) in [5, 5.41) is 4.19. The second kappa shape index (κ2) is 7.34. The van der Waals surface area contributed by atoms with Crippen molar-refractivity contribution in [3.05, 3.63) is 22.6 Å². The fraction of sp³-hybridized carbons (Fsp3) is 0.632. The lowest BCUT2D eigenvalue weighted by molar-refractivity contribution is 0.0608. The summed E-state index contributed by atoms with van der Waals surface area (Å²) in [6.45, 7) is 12.4. The van der Waals surface area contributed by atoms with E-state index in [9.17, 15) is 9.59 Å². The van der Waals surface area contributed by atoms with Crippen molar-refractivity contribution in [2.24, 2.45) is 16.3 Å².